The molecule has 0 atom stereocenters. The highest BCUT2D eigenvalue weighted by atomic mass is 32.2. The second kappa shape index (κ2) is 10.0. The molecule has 0 bridgehead atoms. The van der Waals surface area contributed by atoms with Crippen molar-refractivity contribution in [1.82, 2.24) is 5.32 Å². The minimum absolute atomic E-state index is 0.146. The number of carbonyl (C=O) groups excluding carboxylic acids is 1. The van der Waals surface area contributed by atoms with Gasteiger partial charge in [-0.05, 0) is 35.9 Å². The van der Waals surface area contributed by atoms with Gasteiger partial charge in [-0.1, -0.05) is 54.6 Å². The molecule has 6 nitrogen and oxygen atoms in total. The van der Waals surface area contributed by atoms with Crippen LogP contribution in [0.1, 0.15) is 15.9 Å². The van der Waals surface area contributed by atoms with Crippen LogP contribution in [-0.2, 0) is 21.3 Å². The lowest BCUT2D eigenvalue weighted by atomic mass is 10.1. The summed E-state index contributed by atoms with van der Waals surface area (Å²) in [4.78, 5) is 12.6. The Morgan fingerprint density at radius 2 is 1.60 bits per heavy atom. The molecule has 0 unspecified atom stereocenters. The monoisotopic (exact) mass is 424 g/mol. The van der Waals surface area contributed by atoms with Gasteiger partial charge in [-0.25, -0.2) is 8.42 Å². The van der Waals surface area contributed by atoms with Crippen molar-refractivity contribution in [3.05, 3.63) is 96.1 Å². The van der Waals surface area contributed by atoms with Gasteiger partial charge in [0, 0.05) is 19.2 Å². The van der Waals surface area contributed by atoms with E-state index >= 15 is 0 Å². The van der Waals surface area contributed by atoms with Crippen LogP contribution in [0.5, 0.6) is 0 Å². The molecule has 7 heteroatoms. The van der Waals surface area contributed by atoms with E-state index in [1.807, 2.05) is 30.3 Å². The summed E-state index contributed by atoms with van der Waals surface area (Å²) in [6, 6.07) is 24.2. The maximum Gasteiger partial charge on any atom is 0.264 e. The average Bonchev–Trinajstić information content (AvgIpc) is 2.79. The van der Waals surface area contributed by atoms with Crippen LogP contribution in [0.3, 0.4) is 0 Å². The van der Waals surface area contributed by atoms with Crippen molar-refractivity contribution in [2.45, 2.75) is 11.4 Å². The van der Waals surface area contributed by atoms with Gasteiger partial charge in [-0.3, -0.25) is 9.10 Å². The molecule has 30 heavy (non-hydrogen) atoms. The summed E-state index contributed by atoms with van der Waals surface area (Å²) in [5.41, 5.74) is 1.64. The fraction of sp³-hybridized carbons (Fsp3) is 0.174. The number of amides is 1. The number of nitrogens with zero attached hydrogens (tertiary/aromatic N) is 1. The van der Waals surface area contributed by atoms with Crippen LogP contribution in [0, 0.1) is 0 Å². The molecule has 0 aliphatic rings. The predicted octanol–water partition coefficient (Wildman–Crippen LogP) is 3.46. The van der Waals surface area contributed by atoms with Crippen molar-refractivity contribution in [2.24, 2.45) is 0 Å². The van der Waals surface area contributed by atoms with E-state index in [4.69, 9.17) is 4.74 Å². The maximum absolute atomic E-state index is 13.4. The number of methoxy groups -OCH3 is 1. The zero-order valence-electron chi connectivity index (χ0n) is 16.7. The molecular formula is C23H24N2O4S. The van der Waals surface area contributed by atoms with Crippen molar-refractivity contribution < 1.29 is 17.9 Å². The third-order valence-corrected chi connectivity index (χ3v) is 6.28. The molecule has 3 rings (SSSR count). The lowest BCUT2D eigenvalue weighted by Gasteiger charge is -2.25. The summed E-state index contributed by atoms with van der Waals surface area (Å²) in [6.45, 7) is 0.913. The highest BCUT2D eigenvalue weighted by Gasteiger charge is 2.25. The summed E-state index contributed by atoms with van der Waals surface area (Å²) in [5, 5.41) is 2.75. The molecule has 1 N–H and O–H groups in total. The number of anilines is 1. The molecule has 0 fully saturated rings. The van der Waals surface area contributed by atoms with E-state index in [0.717, 1.165) is 5.56 Å². The SMILES string of the molecule is COCCNC(=O)c1cccc(N(Cc2ccccc2)S(=O)(=O)c2ccccc2)c1. The molecule has 0 spiro atoms. The zero-order chi connectivity index (χ0) is 21.4. The van der Waals surface area contributed by atoms with Crippen LogP contribution in [-0.4, -0.2) is 34.6 Å². The van der Waals surface area contributed by atoms with Crippen molar-refractivity contribution in [1.29, 1.82) is 0 Å². The van der Waals surface area contributed by atoms with Crippen LogP contribution < -0.4 is 9.62 Å². The van der Waals surface area contributed by atoms with Gasteiger partial charge >= 0.3 is 0 Å². The molecule has 0 aliphatic heterocycles. The third kappa shape index (κ3) is 5.25. The Kier molecular flexibility index (Phi) is 7.21. The van der Waals surface area contributed by atoms with Crippen molar-refractivity contribution in [3.8, 4) is 0 Å². The first kappa shape index (κ1) is 21.5. The van der Waals surface area contributed by atoms with Gasteiger partial charge in [-0.2, -0.15) is 0 Å². The molecule has 156 valence electrons. The highest BCUT2D eigenvalue weighted by Crippen LogP contribution is 2.26. The average molecular weight is 425 g/mol. The van der Waals surface area contributed by atoms with Gasteiger partial charge in [0.25, 0.3) is 15.9 Å². The predicted molar refractivity (Wildman–Crippen MR) is 117 cm³/mol. The molecule has 0 radical (unpaired) electrons. The van der Waals surface area contributed by atoms with Crippen LogP contribution in [0.2, 0.25) is 0 Å². The van der Waals surface area contributed by atoms with Crippen molar-refractivity contribution >= 4 is 21.6 Å². The van der Waals surface area contributed by atoms with Gasteiger partial charge in [0.1, 0.15) is 0 Å². The fourth-order valence-corrected chi connectivity index (χ4v) is 4.42. The molecule has 0 heterocycles. The number of nitrogens with one attached hydrogen (secondary N) is 1. The molecule has 0 saturated heterocycles. The Balaban J connectivity index is 1.98. The highest BCUT2D eigenvalue weighted by molar-refractivity contribution is 7.92. The second-order valence-electron chi connectivity index (χ2n) is 6.61. The minimum Gasteiger partial charge on any atom is -0.383 e. The Labute approximate surface area is 177 Å². The molecular weight excluding hydrogens is 400 g/mol. The van der Waals surface area contributed by atoms with E-state index in [-0.39, 0.29) is 17.3 Å². The summed E-state index contributed by atoms with van der Waals surface area (Å²) >= 11 is 0. The standard InChI is InChI=1S/C23H24N2O4S/c1-29-16-15-24-23(26)20-11-8-12-21(17-20)25(18-19-9-4-2-5-10-19)30(27,28)22-13-6-3-7-14-22/h2-14,17H,15-16,18H2,1H3,(H,24,26). The summed E-state index contributed by atoms with van der Waals surface area (Å²) in [6.07, 6.45) is 0. The first-order valence-electron chi connectivity index (χ1n) is 9.51. The minimum atomic E-state index is -3.83. The number of rotatable bonds is 9. The molecule has 3 aromatic carbocycles. The number of sulfonamides is 1. The van der Waals surface area contributed by atoms with Gasteiger partial charge in [0.2, 0.25) is 0 Å². The van der Waals surface area contributed by atoms with E-state index < -0.39 is 10.0 Å². The smallest absolute Gasteiger partial charge is 0.264 e. The van der Waals surface area contributed by atoms with E-state index in [1.165, 1.54) is 4.31 Å². The van der Waals surface area contributed by atoms with Crippen molar-refractivity contribution in [3.63, 3.8) is 0 Å². The Bertz CT molecular complexity index is 1070. The summed E-state index contributed by atoms with van der Waals surface area (Å²) < 4.78 is 33.1. The summed E-state index contributed by atoms with van der Waals surface area (Å²) in [5.74, 6) is -0.286. The number of carbonyl (C=O) groups is 1. The number of hydrogen-bond acceptors (Lipinski definition) is 4. The summed E-state index contributed by atoms with van der Waals surface area (Å²) in [7, 11) is -2.28. The maximum atomic E-state index is 13.4. The zero-order valence-corrected chi connectivity index (χ0v) is 17.5. The van der Waals surface area contributed by atoms with E-state index in [2.05, 4.69) is 5.32 Å². The Hall–Kier alpha value is -3.16. The Morgan fingerprint density at radius 1 is 0.933 bits per heavy atom. The largest absolute Gasteiger partial charge is 0.383 e. The first-order valence-corrected chi connectivity index (χ1v) is 11.0. The van der Waals surface area contributed by atoms with Crippen LogP contribution >= 0.6 is 0 Å². The normalized spacial score (nSPS) is 11.1. The number of benzene rings is 3. The van der Waals surface area contributed by atoms with Gasteiger partial charge in [0.05, 0.1) is 23.7 Å². The van der Waals surface area contributed by atoms with Gasteiger partial charge in [-0.15, -0.1) is 0 Å². The topological polar surface area (TPSA) is 75.7 Å². The lowest BCUT2D eigenvalue weighted by molar-refractivity contribution is 0.0937. The Morgan fingerprint density at radius 3 is 2.27 bits per heavy atom. The number of hydrogen-bond donors (Lipinski definition) is 1. The molecule has 1 amide bonds. The first-order chi connectivity index (χ1) is 14.5. The van der Waals surface area contributed by atoms with Crippen LogP contribution in [0.15, 0.2) is 89.8 Å². The molecule has 3 aromatic rings. The molecule has 0 aliphatic carbocycles. The fourth-order valence-electron chi connectivity index (χ4n) is 2.95. The third-order valence-electron chi connectivity index (χ3n) is 4.49. The van der Waals surface area contributed by atoms with Gasteiger partial charge < -0.3 is 10.1 Å². The molecule has 0 aromatic heterocycles. The van der Waals surface area contributed by atoms with E-state index in [9.17, 15) is 13.2 Å². The second-order valence-corrected chi connectivity index (χ2v) is 8.47. The number of ether oxygens (including phenoxy) is 1. The molecule has 0 saturated carbocycles. The van der Waals surface area contributed by atoms with Crippen LogP contribution in [0.25, 0.3) is 0 Å². The van der Waals surface area contributed by atoms with E-state index in [0.29, 0.717) is 24.4 Å². The lowest BCUT2D eigenvalue weighted by Crippen LogP contribution is -2.31. The quantitative estimate of drug-likeness (QED) is 0.534. The van der Waals surface area contributed by atoms with Gasteiger partial charge in [0.15, 0.2) is 0 Å². The van der Waals surface area contributed by atoms with Crippen molar-refractivity contribution in [2.75, 3.05) is 24.6 Å². The van der Waals surface area contributed by atoms with Crippen LogP contribution in [0.4, 0.5) is 5.69 Å². The van der Waals surface area contributed by atoms with E-state index in [1.54, 1.807) is 61.7 Å².